The fourth-order valence-electron chi connectivity index (χ4n) is 6.46. The summed E-state index contributed by atoms with van der Waals surface area (Å²) in [6.45, 7) is 3.08. The highest BCUT2D eigenvalue weighted by molar-refractivity contribution is 7.84. The summed E-state index contributed by atoms with van der Waals surface area (Å²) in [7, 11) is -4.84. The number of fused-ring (bicyclic) bond motifs is 3. The first-order valence-corrected chi connectivity index (χ1v) is 16.5. The van der Waals surface area contributed by atoms with E-state index in [0.717, 1.165) is 39.0 Å². The third kappa shape index (κ3) is 5.07. The fourth-order valence-corrected chi connectivity index (χ4v) is 6.90. The molecule has 2 aromatic heterocycles. The molecule has 1 amide bonds. The van der Waals surface area contributed by atoms with Gasteiger partial charge in [-0.15, -0.1) is 4.40 Å². The van der Waals surface area contributed by atoms with Crippen LogP contribution in [0.2, 0.25) is 0 Å². The summed E-state index contributed by atoms with van der Waals surface area (Å²) in [5.74, 6) is -0.113. The Labute approximate surface area is 264 Å². The number of rotatable bonds is 6. The summed E-state index contributed by atoms with van der Waals surface area (Å²) >= 11 is 0. The Morgan fingerprint density at radius 3 is 2.43 bits per heavy atom. The number of imidazole rings is 1. The largest absolute Gasteiger partial charge is 0.382 e. The number of carbonyl (C=O) groups is 1. The molecule has 0 spiro atoms. The number of nitrogens with zero attached hydrogens (tertiary/aromatic N) is 6. The van der Waals surface area contributed by atoms with Gasteiger partial charge >= 0.3 is 22.0 Å². The smallest absolute Gasteiger partial charge is 0.378 e. The topological polar surface area (TPSA) is 166 Å². The number of carbonyl (C=O) groups excluding carboxylic acids is 1. The molecule has 12 nitrogen and oxygen atoms in total. The van der Waals surface area contributed by atoms with Gasteiger partial charge in [-0.3, -0.25) is 9.12 Å². The van der Waals surface area contributed by atoms with Gasteiger partial charge in [0.1, 0.15) is 5.52 Å². The van der Waals surface area contributed by atoms with Crippen molar-refractivity contribution in [2.24, 2.45) is 4.40 Å². The van der Waals surface area contributed by atoms with Crippen LogP contribution < -0.4 is 21.9 Å². The molecule has 2 aliphatic carbocycles. The normalized spacial score (nSPS) is 17.0. The highest BCUT2D eigenvalue weighted by atomic mass is 32.2. The zero-order valence-corrected chi connectivity index (χ0v) is 25.9. The number of hydrogen-bond donors (Lipinski definition) is 2. The molecule has 0 saturated carbocycles. The Hall–Kier alpha value is -5.14. The van der Waals surface area contributed by atoms with E-state index in [4.69, 9.17) is 10.7 Å². The number of hydrogen-bond acceptors (Lipinski definition) is 7. The lowest BCUT2D eigenvalue weighted by atomic mass is 9.85. The van der Waals surface area contributed by atoms with Crippen LogP contribution in [0.15, 0.2) is 81.0 Å². The summed E-state index contributed by atoms with van der Waals surface area (Å²) < 4.78 is 40.7. The van der Waals surface area contributed by atoms with Crippen molar-refractivity contribution in [2.45, 2.75) is 39.2 Å². The van der Waals surface area contributed by atoms with Crippen molar-refractivity contribution in [2.75, 3.05) is 18.8 Å². The molecule has 4 aromatic rings. The lowest BCUT2D eigenvalue weighted by Crippen LogP contribution is -2.39. The van der Waals surface area contributed by atoms with Crippen LogP contribution in [-0.2, 0) is 16.8 Å². The molecule has 1 fully saturated rings. The number of benzene rings is 2. The summed E-state index contributed by atoms with van der Waals surface area (Å²) in [5, 5.41) is 1.84. The highest BCUT2D eigenvalue weighted by Crippen LogP contribution is 2.37. The van der Waals surface area contributed by atoms with Gasteiger partial charge in [-0.05, 0) is 64.1 Å². The van der Waals surface area contributed by atoms with Gasteiger partial charge in [-0.25, -0.2) is 24.1 Å². The maximum absolute atomic E-state index is 14.0. The van der Waals surface area contributed by atoms with E-state index in [0.29, 0.717) is 37.1 Å². The first-order valence-electron chi connectivity index (χ1n) is 15.1. The molecular weight excluding hydrogens is 606 g/mol. The second-order valence-corrected chi connectivity index (χ2v) is 12.6. The summed E-state index contributed by atoms with van der Waals surface area (Å²) in [6.07, 6.45) is 6.55. The molecule has 1 aliphatic heterocycles. The number of amides is 1. The molecule has 234 valence electrons. The third-order valence-corrected chi connectivity index (χ3v) is 8.88. The van der Waals surface area contributed by atoms with Crippen LogP contribution in [-0.4, -0.2) is 61.8 Å². The molecule has 1 saturated heterocycles. The molecule has 0 radical (unpaired) electrons. The van der Waals surface area contributed by atoms with E-state index < -0.39 is 22.0 Å². The van der Waals surface area contributed by atoms with E-state index in [1.54, 1.807) is 4.90 Å². The Balaban J connectivity index is 1.54. The van der Waals surface area contributed by atoms with E-state index in [2.05, 4.69) is 9.38 Å². The van der Waals surface area contributed by atoms with Gasteiger partial charge < -0.3 is 10.6 Å². The molecule has 46 heavy (non-hydrogen) atoms. The summed E-state index contributed by atoms with van der Waals surface area (Å²) in [6, 6.07) is 16.5. The van der Waals surface area contributed by atoms with Crippen LogP contribution in [0.5, 0.6) is 0 Å². The second kappa shape index (κ2) is 11.3. The van der Waals surface area contributed by atoms with Gasteiger partial charge in [0.2, 0.25) is 0 Å². The Bertz CT molecular complexity index is 2330. The average Bonchev–Trinajstić information content (AvgIpc) is 3.75. The minimum atomic E-state index is -4.84. The molecule has 3 heterocycles. The van der Waals surface area contributed by atoms with Gasteiger partial charge in [-0.1, -0.05) is 67.9 Å². The van der Waals surface area contributed by atoms with Crippen molar-refractivity contribution < 1.29 is 17.8 Å². The van der Waals surface area contributed by atoms with Crippen LogP contribution in [0.1, 0.15) is 44.0 Å². The lowest BCUT2D eigenvalue weighted by molar-refractivity contribution is 0.210. The standard InChI is InChI=1S/C33H31N7O5S/c1-2-10-22-18-24-23-14-7-6-13-21(23)17-25(24)26(27(22)37-46(43,44)45)30-35-29(34)28-31(36-30)39(19-20-11-4-3-5-12-20)33(42)40(28)32(41)38-15-8-9-16-38/h3-7,11-14,17-18H,2,8-10,15-16,19H2,1H3,(H2,34,35,36)(H,43,44,45). The van der Waals surface area contributed by atoms with Crippen LogP contribution in [0.4, 0.5) is 10.6 Å². The summed E-state index contributed by atoms with van der Waals surface area (Å²) in [4.78, 5) is 38.8. The van der Waals surface area contributed by atoms with E-state index in [1.807, 2.05) is 73.7 Å². The van der Waals surface area contributed by atoms with Crippen molar-refractivity contribution in [3.8, 4) is 0 Å². The quantitative estimate of drug-likeness (QED) is 0.305. The van der Waals surface area contributed by atoms with E-state index in [1.165, 1.54) is 4.57 Å². The average molecular weight is 638 g/mol. The van der Waals surface area contributed by atoms with Crippen molar-refractivity contribution in [3.63, 3.8) is 0 Å². The van der Waals surface area contributed by atoms with Gasteiger partial charge in [0.05, 0.1) is 17.8 Å². The molecular formula is C33H31N7O5S. The number of nitrogen functional groups attached to an aromatic ring is 1. The number of aromatic nitrogens is 4. The van der Waals surface area contributed by atoms with Crippen LogP contribution >= 0.6 is 0 Å². The maximum Gasteiger partial charge on any atom is 0.378 e. The minimum absolute atomic E-state index is 0.00422. The molecule has 0 bridgehead atoms. The van der Waals surface area contributed by atoms with Crippen molar-refractivity contribution >= 4 is 56.3 Å². The second-order valence-electron chi connectivity index (χ2n) is 11.5. The van der Waals surface area contributed by atoms with E-state index in [9.17, 15) is 22.6 Å². The lowest BCUT2D eigenvalue weighted by Gasteiger charge is -2.22. The van der Waals surface area contributed by atoms with Crippen LogP contribution in [0.3, 0.4) is 0 Å². The maximum atomic E-state index is 14.0. The first-order chi connectivity index (χ1) is 22.1. The van der Waals surface area contributed by atoms with Crippen molar-refractivity contribution in [1.29, 1.82) is 0 Å². The monoisotopic (exact) mass is 637 g/mol. The van der Waals surface area contributed by atoms with Gasteiger partial charge in [0.25, 0.3) is 0 Å². The molecule has 7 rings (SSSR count). The first kappa shape index (κ1) is 29.6. The minimum Gasteiger partial charge on any atom is -0.382 e. The third-order valence-electron chi connectivity index (χ3n) is 8.46. The molecule has 0 atom stereocenters. The van der Waals surface area contributed by atoms with E-state index >= 15 is 0 Å². The zero-order valence-electron chi connectivity index (χ0n) is 25.0. The Kier molecular flexibility index (Phi) is 7.29. The summed E-state index contributed by atoms with van der Waals surface area (Å²) in [5.41, 5.74) is 9.24. The number of likely N-dealkylation sites (tertiary alicyclic amines) is 1. The van der Waals surface area contributed by atoms with Gasteiger partial charge in [0, 0.05) is 13.1 Å². The highest BCUT2D eigenvalue weighted by Gasteiger charge is 2.33. The van der Waals surface area contributed by atoms with Crippen LogP contribution in [0.25, 0.3) is 28.4 Å². The predicted octanol–water partition coefficient (Wildman–Crippen LogP) is 2.67. The molecule has 13 heteroatoms. The number of allylic oxidation sites excluding steroid dienone is 4. The van der Waals surface area contributed by atoms with Crippen molar-refractivity contribution in [1.82, 2.24) is 24.0 Å². The van der Waals surface area contributed by atoms with E-state index in [-0.39, 0.29) is 40.6 Å². The van der Waals surface area contributed by atoms with Crippen LogP contribution in [0, 0.1) is 0 Å². The van der Waals surface area contributed by atoms with Gasteiger partial charge in [-0.2, -0.15) is 8.42 Å². The molecule has 3 aliphatic rings. The molecule has 2 aromatic carbocycles. The number of anilines is 1. The predicted molar refractivity (Wildman–Crippen MR) is 176 cm³/mol. The van der Waals surface area contributed by atoms with Gasteiger partial charge in [0.15, 0.2) is 17.3 Å². The fraction of sp³-hybridized carbons (Fsp3) is 0.242. The van der Waals surface area contributed by atoms with Crippen molar-refractivity contribution in [3.05, 3.63) is 104 Å². The molecule has 0 unspecified atom stereocenters. The molecule has 3 N–H and O–H groups in total. The SMILES string of the molecule is CCCC1=CC2=c3ccccc3=CC2=C(c2nc(N)c3c(n2)n(Cc2ccccc2)c(=O)n3C(=O)N2CCCC2)C1=NS(=O)(=O)O. The number of nitrogens with two attached hydrogens (primary N) is 1. The zero-order chi connectivity index (χ0) is 32.2. The Morgan fingerprint density at radius 1 is 1.00 bits per heavy atom. The Morgan fingerprint density at radius 2 is 1.72 bits per heavy atom.